The van der Waals surface area contributed by atoms with Crippen molar-refractivity contribution in [1.82, 2.24) is 10.2 Å². The highest BCUT2D eigenvalue weighted by Gasteiger charge is 2.28. The van der Waals surface area contributed by atoms with Crippen molar-refractivity contribution < 1.29 is 4.79 Å². The molecule has 0 aliphatic heterocycles. The van der Waals surface area contributed by atoms with Gasteiger partial charge in [0.1, 0.15) is 0 Å². The van der Waals surface area contributed by atoms with Crippen LogP contribution in [0.4, 0.5) is 4.79 Å². The molecule has 86 valence electrons. The predicted molar refractivity (Wildman–Crippen MR) is 60.8 cm³/mol. The molecule has 2 amide bonds. The standard InChI is InChI=1S/C12H22N2O/c1-2-8-14(9-10-6-7-10)12(15)13-11-4-3-5-11/h10-11H,2-9H2,1H3,(H,13,15). The van der Waals surface area contributed by atoms with Crippen molar-refractivity contribution in [2.45, 2.75) is 51.5 Å². The minimum atomic E-state index is 0.174. The van der Waals surface area contributed by atoms with Gasteiger partial charge in [0, 0.05) is 19.1 Å². The molecular weight excluding hydrogens is 188 g/mol. The topological polar surface area (TPSA) is 32.3 Å². The van der Waals surface area contributed by atoms with Gasteiger partial charge in [-0.2, -0.15) is 0 Å². The molecule has 2 fully saturated rings. The van der Waals surface area contributed by atoms with E-state index in [1.165, 1.54) is 32.1 Å². The van der Waals surface area contributed by atoms with Crippen LogP contribution in [-0.4, -0.2) is 30.1 Å². The molecule has 3 heteroatoms. The van der Waals surface area contributed by atoms with Crippen LogP contribution in [0.1, 0.15) is 45.4 Å². The van der Waals surface area contributed by atoms with E-state index in [1.807, 2.05) is 4.90 Å². The van der Waals surface area contributed by atoms with Gasteiger partial charge in [-0.05, 0) is 44.4 Å². The van der Waals surface area contributed by atoms with E-state index in [0.29, 0.717) is 6.04 Å². The van der Waals surface area contributed by atoms with Crippen molar-refractivity contribution in [3.05, 3.63) is 0 Å². The lowest BCUT2D eigenvalue weighted by molar-refractivity contribution is 0.184. The number of urea groups is 1. The van der Waals surface area contributed by atoms with Crippen LogP contribution in [0.5, 0.6) is 0 Å². The lowest BCUT2D eigenvalue weighted by atomic mass is 9.93. The summed E-state index contributed by atoms with van der Waals surface area (Å²) in [5.74, 6) is 0.795. The van der Waals surface area contributed by atoms with Gasteiger partial charge in [0.15, 0.2) is 0 Å². The summed E-state index contributed by atoms with van der Waals surface area (Å²) in [7, 11) is 0. The van der Waals surface area contributed by atoms with Crippen LogP contribution in [0.15, 0.2) is 0 Å². The summed E-state index contributed by atoms with van der Waals surface area (Å²) in [6.07, 6.45) is 7.32. The third kappa shape index (κ3) is 3.11. The molecule has 2 aliphatic rings. The van der Waals surface area contributed by atoms with E-state index < -0.39 is 0 Å². The number of nitrogens with one attached hydrogen (secondary N) is 1. The Kier molecular flexibility index (Phi) is 3.49. The van der Waals surface area contributed by atoms with Crippen molar-refractivity contribution in [3.8, 4) is 0 Å². The highest BCUT2D eigenvalue weighted by Crippen LogP contribution is 2.30. The number of hydrogen-bond donors (Lipinski definition) is 1. The van der Waals surface area contributed by atoms with E-state index in [-0.39, 0.29) is 6.03 Å². The van der Waals surface area contributed by atoms with E-state index in [2.05, 4.69) is 12.2 Å². The van der Waals surface area contributed by atoms with Crippen LogP contribution in [0, 0.1) is 5.92 Å². The number of rotatable bonds is 5. The summed E-state index contributed by atoms with van der Waals surface area (Å²) in [6.45, 7) is 4.03. The van der Waals surface area contributed by atoms with Gasteiger partial charge >= 0.3 is 6.03 Å². The fourth-order valence-electron chi connectivity index (χ4n) is 1.98. The SMILES string of the molecule is CCCN(CC1CC1)C(=O)NC1CCC1. The zero-order chi connectivity index (χ0) is 10.7. The van der Waals surface area contributed by atoms with Gasteiger partial charge in [0.25, 0.3) is 0 Å². The smallest absolute Gasteiger partial charge is 0.317 e. The molecule has 0 radical (unpaired) electrons. The number of nitrogens with zero attached hydrogens (tertiary/aromatic N) is 1. The monoisotopic (exact) mass is 210 g/mol. The maximum Gasteiger partial charge on any atom is 0.317 e. The van der Waals surface area contributed by atoms with Gasteiger partial charge in [-0.25, -0.2) is 4.79 Å². The van der Waals surface area contributed by atoms with Gasteiger partial charge in [0.05, 0.1) is 0 Å². The average molecular weight is 210 g/mol. The highest BCUT2D eigenvalue weighted by molar-refractivity contribution is 5.74. The van der Waals surface area contributed by atoms with E-state index in [4.69, 9.17) is 0 Å². The first-order valence-corrected chi connectivity index (χ1v) is 6.35. The van der Waals surface area contributed by atoms with E-state index in [1.54, 1.807) is 0 Å². The molecule has 0 bridgehead atoms. The third-order valence-electron chi connectivity index (χ3n) is 3.39. The summed E-state index contributed by atoms with van der Waals surface area (Å²) in [6, 6.07) is 0.643. The number of carbonyl (C=O) groups is 1. The molecule has 0 atom stereocenters. The Balaban J connectivity index is 1.75. The number of hydrogen-bond acceptors (Lipinski definition) is 1. The van der Waals surface area contributed by atoms with Crippen molar-refractivity contribution in [2.24, 2.45) is 5.92 Å². The maximum atomic E-state index is 11.9. The number of amides is 2. The molecule has 0 heterocycles. The van der Waals surface area contributed by atoms with E-state index >= 15 is 0 Å². The quantitative estimate of drug-likeness (QED) is 0.742. The van der Waals surface area contributed by atoms with Crippen molar-refractivity contribution >= 4 is 6.03 Å². The lowest BCUT2D eigenvalue weighted by Crippen LogP contribution is -2.48. The van der Waals surface area contributed by atoms with Gasteiger partial charge in [-0.1, -0.05) is 6.92 Å². The van der Waals surface area contributed by atoms with Gasteiger partial charge in [-0.3, -0.25) is 0 Å². The number of carbonyl (C=O) groups excluding carboxylic acids is 1. The molecule has 0 spiro atoms. The van der Waals surface area contributed by atoms with Crippen LogP contribution in [0.25, 0.3) is 0 Å². The van der Waals surface area contributed by atoms with Crippen molar-refractivity contribution in [3.63, 3.8) is 0 Å². The first-order chi connectivity index (χ1) is 7.29. The Bertz CT molecular complexity index is 222. The Morgan fingerprint density at radius 1 is 1.33 bits per heavy atom. The zero-order valence-electron chi connectivity index (χ0n) is 9.67. The van der Waals surface area contributed by atoms with Gasteiger partial charge in [-0.15, -0.1) is 0 Å². The van der Waals surface area contributed by atoms with Gasteiger partial charge in [0.2, 0.25) is 0 Å². The average Bonchev–Trinajstić information content (AvgIpc) is 2.94. The third-order valence-corrected chi connectivity index (χ3v) is 3.39. The normalized spacial score (nSPS) is 20.9. The summed E-state index contributed by atoms with van der Waals surface area (Å²) < 4.78 is 0. The fraction of sp³-hybridized carbons (Fsp3) is 0.917. The van der Waals surface area contributed by atoms with Crippen molar-refractivity contribution in [2.75, 3.05) is 13.1 Å². The first-order valence-electron chi connectivity index (χ1n) is 6.35. The largest absolute Gasteiger partial charge is 0.335 e. The zero-order valence-corrected chi connectivity index (χ0v) is 9.67. The van der Waals surface area contributed by atoms with Crippen LogP contribution < -0.4 is 5.32 Å². The predicted octanol–water partition coefficient (Wildman–Crippen LogP) is 2.37. The Labute approximate surface area is 92.2 Å². The van der Waals surface area contributed by atoms with E-state index in [0.717, 1.165) is 25.4 Å². The second kappa shape index (κ2) is 4.86. The summed E-state index contributed by atoms with van der Waals surface area (Å²) in [5.41, 5.74) is 0. The molecule has 3 nitrogen and oxygen atoms in total. The highest BCUT2D eigenvalue weighted by atomic mass is 16.2. The molecule has 15 heavy (non-hydrogen) atoms. The van der Waals surface area contributed by atoms with Crippen molar-refractivity contribution in [1.29, 1.82) is 0 Å². The minimum Gasteiger partial charge on any atom is -0.335 e. The fourth-order valence-corrected chi connectivity index (χ4v) is 1.98. The molecule has 0 unspecified atom stereocenters. The molecule has 0 aromatic heterocycles. The molecule has 1 N–H and O–H groups in total. The molecule has 2 rings (SSSR count). The molecule has 2 aliphatic carbocycles. The van der Waals surface area contributed by atoms with Crippen LogP contribution in [0.2, 0.25) is 0 Å². The summed E-state index contributed by atoms with van der Waals surface area (Å²) >= 11 is 0. The minimum absolute atomic E-state index is 0.174. The first kappa shape index (κ1) is 10.8. The molecule has 0 aromatic rings. The molecular formula is C12H22N2O. The molecule has 0 saturated heterocycles. The summed E-state index contributed by atoms with van der Waals surface area (Å²) in [5, 5.41) is 3.12. The second-order valence-corrected chi connectivity index (χ2v) is 4.97. The Morgan fingerprint density at radius 3 is 2.53 bits per heavy atom. The summed E-state index contributed by atoms with van der Waals surface area (Å²) in [4.78, 5) is 13.9. The maximum absolute atomic E-state index is 11.9. The Morgan fingerprint density at radius 2 is 2.07 bits per heavy atom. The van der Waals surface area contributed by atoms with Crippen LogP contribution >= 0.6 is 0 Å². The van der Waals surface area contributed by atoms with Crippen LogP contribution in [0.3, 0.4) is 0 Å². The second-order valence-electron chi connectivity index (χ2n) is 4.97. The molecule has 2 saturated carbocycles. The molecule has 0 aromatic carbocycles. The van der Waals surface area contributed by atoms with Gasteiger partial charge < -0.3 is 10.2 Å². The van der Waals surface area contributed by atoms with Crippen LogP contribution in [-0.2, 0) is 0 Å². The van der Waals surface area contributed by atoms with E-state index in [9.17, 15) is 4.79 Å². The lowest BCUT2D eigenvalue weighted by Gasteiger charge is -2.30. The Hall–Kier alpha value is -0.730.